The average Bonchev–Trinajstić information content (AvgIpc) is 2.40. The standard InChI is InChI=1S/C9H19NO2.C8H11N/c1-7(2)5-8(3-4-11)6-9(10)12;9-7-6-8-4-2-1-3-5-8/h7-8,11H,3-6H2,1-2H3,(H2,10,12);1-5H,6-7,9H2/t8-;/m0./s1. The summed E-state index contributed by atoms with van der Waals surface area (Å²) in [5, 5.41) is 8.71. The summed E-state index contributed by atoms with van der Waals surface area (Å²) >= 11 is 0. The van der Waals surface area contributed by atoms with Gasteiger partial charge in [-0.3, -0.25) is 4.79 Å². The van der Waals surface area contributed by atoms with Crippen LogP contribution in [0, 0.1) is 11.8 Å². The van der Waals surface area contributed by atoms with E-state index in [1.807, 2.05) is 18.2 Å². The third kappa shape index (κ3) is 12.1. The number of aliphatic hydroxyl groups is 1. The van der Waals surface area contributed by atoms with Crippen molar-refractivity contribution < 1.29 is 9.90 Å². The lowest BCUT2D eigenvalue weighted by Crippen LogP contribution is -2.18. The SMILES string of the molecule is CC(C)C[C@H](CCO)CC(N)=O.NCCc1ccccc1. The van der Waals surface area contributed by atoms with E-state index in [0.717, 1.165) is 19.4 Å². The molecule has 0 fully saturated rings. The van der Waals surface area contributed by atoms with Crippen LogP contribution < -0.4 is 11.5 Å². The van der Waals surface area contributed by atoms with Gasteiger partial charge in [-0.2, -0.15) is 0 Å². The van der Waals surface area contributed by atoms with Gasteiger partial charge >= 0.3 is 0 Å². The summed E-state index contributed by atoms with van der Waals surface area (Å²) in [6.45, 7) is 5.09. The fourth-order valence-electron chi connectivity index (χ4n) is 2.25. The van der Waals surface area contributed by atoms with Crippen LogP contribution in [-0.4, -0.2) is 24.2 Å². The molecule has 0 aliphatic rings. The molecule has 4 heteroatoms. The first-order valence-corrected chi connectivity index (χ1v) is 7.62. The van der Waals surface area contributed by atoms with Crippen molar-refractivity contribution in [1.82, 2.24) is 0 Å². The summed E-state index contributed by atoms with van der Waals surface area (Å²) in [6.07, 6.45) is 3.03. The molecule has 0 unspecified atom stereocenters. The highest BCUT2D eigenvalue weighted by Crippen LogP contribution is 2.18. The summed E-state index contributed by atoms with van der Waals surface area (Å²) in [5.41, 5.74) is 11.8. The van der Waals surface area contributed by atoms with E-state index in [-0.39, 0.29) is 18.4 Å². The Morgan fingerprint density at radius 3 is 2.29 bits per heavy atom. The van der Waals surface area contributed by atoms with E-state index in [0.29, 0.717) is 18.8 Å². The van der Waals surface area contributed by atoms with Gasteiger partial charge in [-0.25, -0.2) is 0 Å². The molecule has 0 saturated heterocycles. The minimum absolute atomic E-state index is 0.144. The van der Waals surface area contributed by atoms with Crippen molar-refractivity contribution in [2.24, 2.45) is 23.3 Å². The van der Waals surface area contributed by atoms with Crippen molar-refractivity contribution in [1.29, 1.82) is 0 Å². The first-order valence-electron chi connectivity index (χ1n) is 7.62. The topological polar surface area (TPSA) is 89.3 Å². The van der Waals surface area contributed by atoms with Crippen LogP contribution in [-0.2, 0) is 11.2 Å². The number of carbonyl (C=O) groups is 1. The van der Waals surface area contributed by atoms with E-state index < -0.39 is 0 Å². The van der Waals surface area contributed by atoms with Crippen LogP contribution in [0.15, 0.2) is 30.3 Å². The lowest BCUT2D eigenvalue weighted by Gasteiger charge is -2.15. The molecule has 120 valence electrons. The lowest BCUT2D eigenvalue weighted by atomic mass is 9.91. The highest BCUT2D eigenvalue weighted by atomic mass is 16.3. The molecule has 4 nitrogen and oxygen atoms in total. The summed E-state index contributed by atoms with van der Waals surface area (Å²) in [4.78, 5) is 10.6. The first-order chi connectivity index (χ1) is 9.99. The highest BCUT2D eigenvalue weighted by molar-refractivity contribution is 5.73. The fourth-order valence-corrected chi connectivity index (χ4v) is 2.25. The predicted molar refractivity (Wildman–Crippen MR) is 87.7 cm³/mol. The Balaban J connectivity index is 0.000000394. The normalized spacial score (nSPS) is 11.7. The van der Waals surface area contributed by atoms with Crippen LogP contribution in [0.3, 0.4) is 0 Å². The maximum Gasteiger partial charge on any atom is 0.217 e. The maximum atomic E-state index is 10.6. The van der Waals surface area contributed by atoms with Crippen LogP contribution in [0.1, 0.15) is 38.7 Å². The quantitative estimate of drug-likeness (QED) is 0.686. The fraction of sp³-hybridized carbons (Fsp3) is 0.588. The molecule has 1 aromatic carbocycles. The molecule has 0 bridgehead atoms. The predicted octanol–water partition coefficient (Wildman–Crippen LogP) is 2.09. The average molecular weight is 294 g/mol. The molecule has 0 saturated carbocycles. The molecule has 0 aliphatic heterocycles. The Morgan fingerprint density at radius 2 is 1.86 bits per heavy atom. The van der Waals surface area contributed by atoms with E-state index in [1.165, 1.54) is 5.56 Å². The van der Waals surface area contributed by atoms with Gasteiger partial charge in [0.25, 0.3) is 0 Å². The van der Waals surface area contributed by atoms with Gasteiger partial charge in [0.05, 0.1) is 0 Å². The zero-order valence-electron chi connectivity index (χ0n) is 13.3. The van der Waals surface area contributed by atoms with Crippen LogP contribution in [0.2, 0.25) is 0 Å². The van der Waals surface area contributed by atoms with Gasteiger partial charge in [-0.15, -0.1) is 0 Å². The smallest absolute Gasteiger partial charge is 0.217 e. The molecular weight excluding hydrogens is 264 g/mol. The number of aliphatic hydroxyl groups excluding tert-OH is 1. The number of primary amides is 1. The third-order valence-corrected chi connectivity index (χ3v) is 3.11. The largest absolute Gasteiger partial charge is 0.396 e. The van der Waals surface area contributed by atoms with Crippen LogP contribution >= 0.6 is 0 Å². The third-order valence-electron chi connectivity index (χ3n) is 3.11. The Labute approximate surface area is 128 Å². The molecule has 0 spiro atoms. The zero-order chi connectivity index (χ0) is 16.1. The molecule has 5 N–H and O–H groups in total. The van der Waals surface area contributed by atoms with Gasteiger partial charge in [0, 0.05) is 13.0 Å². The second kappa shape index (κ2) is 12.4. The first kappa shape index (κ1) is 19.6. The number of amides is 1. The van der Waals surface area contributed by atoms with Gasteiger partial charge in [0.15, 0.2) is 0 Å². The minimum Gasteiger partial charge on any atom is -0.396 e. The van der Waals surface area contributed by atoms with Crippen molar-refractivity contribution in [3.05, 3.63) is 35.9 Å². The van der Waals surface area contributed by atoms with E-state index in [1.54, 1.807) is 0 Å². The molecule has 0 aromatic heterocycles. The van der Waals surface area contributed by atoms with Crippen molar-refractivity contribution >= 4 is 5.91 Å². The van der Waals surface area contributed by atoms with Crippen molar-refractivity contribution in [2.75, 3.05) is 13.2 Å². The number of benzene rings is 1. The molecular formula is C17H30N2O2. The molecule has 1 aromatic rings. The second-order valence-electron chi connectivity index (χ2n) is 5.70. The summed E-state index contributed by atoms with van der Waals surface area (Å²) in [6, 6.07) is 10.3. The number of rotatable bonds is 8. The van der Waals surface area contributed by atoms with Gasteiger partial charge in [0.1, 0.15) is 0 Å². The Morgan fingerprint density at radius 1 is 1.24 bits per heavy atom. The molecule has 1 atom stereocenters. The van der Waals surface area contributed by atoms with Crippen molar-refractivity contribution in [2.45, 2.75) is 39.5 Å². The molecule has 21 heavy (non-hydrogen) atoms. The number of hydrogen-bond donors (Lipinski definition) is 3. The number of nitrogens with two attached hydrogens (primary N) is 2. The van der Waals surface area contributed by atoms with E-state index >= 15 is 0 Å². The zero-order valence-corrected chi connectivity index (χ0v) is 13.3. The Kier molecular flexibility index (Phi) is 11.5. The molecule has 1 rings (SSSR count). The monoisotopic (exact) mass is 294 g/mol. The van der Waals surface area contributed by atoms with Gasteiger partial charge < -0.3 is 16.6 Å². The van der Waals surface area contributed by atoms with Crippen molar-refractivity contribution in [3.63, 3.8) is 0 Å². The van der Waals surface area contributed by atoms with Crippen LogP contribution in [0.4, 0.5) is 0 Å². The summed E-state index contributed by atoms with van der Waals surface area (Å²) < 4.78 is 0. The van der Waals surface area contributed by atoms with E-state index in [4.69, 9.17) is 16.6 Å². The molecule has 0 aliphatic carbocycles. The molecule has 0 heterocycles. The van der Waals surface area contributed by atoms with Crippen LogP contribution in [0.5, 0.6) is 0 Å². The van der Waals surface area contributed by atoms with E-state index in [2.05, 4.69) is 26.0 Å². The maximum absolute atomic E-state index is 10.6. The molecule has 0 radical (unpaired) electrons. The van der Waals surface area contributed by atoms with Gasteiger partial charge in [-0.1, -0.05) is 44.2 Å². The minimum atomic E-state index is -0.269. The number of carbonyl (C=O) groups excluding carboxylic acids is 1. The van der Waals surface area contributed by atoms with Crippen LogP contribution in [0.25, 0.3) is 0 Å². The Hall–Kier alpha value is -1.39. The van der Waals surface area contributed by atoms with Crippen molar-refractivity contribution in [3.8, 4) is 0 Å². The highest BCUT2D eigenvalue weighted by Gasteiger charge is 2.12. The summed E-state index contributed by atoms with van der Waals surface area (Å²) in [7, 11) is 0. The number of hydrogen-bond acceptors (Lipinski definition) is 3. The summed E-state index contributed by atoms with van der Waals surface area (Å²) in [5.74, 6) is 0.544. The second-order valence-corrected chi connectivity index (χ2v) is 5.70. The molecule has 1 amide bonds. The lowest BCUT2D eigenvalue weighted by molar-refractivity contribution is -0.119. The van der Waals surface area contributed by atoms with Gasteiger partial charge in [0.2, 0.25) is 5.91 Å². The Bertz CT molecular complexity index is 366. The van der Waals surface area contributed by atoms with Gasteiger partial charge in [-0.05, 0) is 43.2 Å². The van der Waals surface area contributed by atoms with E-state index in [9.17, 15) is 4.79 Å².